The van der Waals surface area contributed by atoms with Crippen molar-refractivity contribution < 1.29 is 34.3 Å². The molecule has 4 bridgehead atoms. The topological polar surface area (TPSA) is 166 Å². The van der Waals surface area contributed by atoms with Crippen molar-refractivity contribution in [1.29, 1.82) is 15.8 Å². The predicted molar refractivity (Wildman–Crippen MR) is 150 cm³/mol. The SMILES string of the molecule is COC1(c2cc(O)c(/C=C/C(=O)O)cc2/C=C/C2=C(C#N)C(=C(C#N)C#N)OC2(C)C)OOC12C1CC3CC(C1)CC2C3. The van der Waals surface area contributed by atoms with Crippen LogP contribution < -0.4 is 0 Å². The molecule has 10 nitrogen and oxygen atoms in total. The minimum absolute atomic E-state index is 0.0628. The number of nitrogens with zero attached hydrogens (tertiary/aromatic N) is 3. The Balaban J connectivity index is 1.52. The Bertz CT molecular complexity index is 1610. The molecule has 4 saturated carbocycles. The molecule has 1 aromatic rings. The van der Waals surface area contributed by atoms with Gasteiger partial charge in [0.25, 0.3) is 5.79 Å². The summed E-state index contributed by atoms with van der Waals surface area (Å²) in [5.74, 6) is -1.02. The van der Waals surface area contributed by atoms with Crippen molar-refractivity contribution in [2.45, 2.75) is 62.9 Å². The number of phenols is 1. The van der Waals surface area contributed by atoms with Crippen LogP contribution in [0.2, 0.25) is 0 Å². The van der Waals surface area contributed by atoms with Gasteiger partial charge in [0.15, 0.2) is 16.9 Å². The van der Waals surface area contributed by atoms with Gasteiger partial charge in [-0.15, -0.1) is 0 Å². The molecule has 0 radical (unpaired) electrons. The number of benzene rings is 1. The molecule has 1 saturated heterocycles. The molecule has 43 heavy (non-hydrogen) atoms. The number of methoxy groups -OCH3 is 1. The number of hydrogen-bond donors (Lipinski definition) is 2. The Labute approximate surface area is 249 Å². The lowest BCUT2D eigenvalue weighted by molar-refractivity contribution is -0.645. The van der Waals surface area contributed by atoms with E-state index < -0.39 is 23.0 Å². The third kappa shape index (κ3) is 4.12. The molecule has 220 valence electrons. The molecule has 2 N–H and O–H groups in total. The van der Waals surface area contributed by atoms with E-state index in [9.17, 15) is 30.8 Å². The van der Waals surface area contributed by atoms with Crippen LogP contribution in [0.15, 0.2) is 46.8 Å². The fraction of sp³-hybridized carbons (Fsp3) is 0.455. The van der Waals surface area contributed by atoms with E-state index in [2.05, 4.69) is 6.07 Å². The van der Waals surface area contributed by atoms with Crippen LogP contribution in [0.3, 0.4) is 0 Å². The average Bonchev–Trinajstić information content (AvgIpc) is 3.21. The average molecular weight is 582 g/mol. The zero-order valence-electron chi connectivity index (χ0n) is 24.1. The van der Waals surface area contributed by atoms with E-state index >= 15 is 0 Å². The first-order chi connectivity index (χ1) is 20.5. The zero-order valence-corrected chi connectivity index (χ0v) is 24.1. The van der Waals surface area contributed by atoms with Gasteiger partial charge in [0.1, 0.15) is 35.1 Å². The number of hydrogen-bond acceptors (Lipinski definition) is 9. The molecular formula is C33H31N3O7. The fourth-order valence-corrected chi connectivity index (χ4v) is 8.33. The van der Waals surface area contributed by atoms with Crippen molar-refractivity contribution in [2.24, 2.45) is 23.7 Å². The minimum Gasteiger partial charge on any atom is -0.507 e. The summed E-state index contributed by atoms with van der Waals surface area (Å²) in [7, 11) is 1.56. The number of aliphatic carboxylic acids is 1. The molecule has 7 rings (SSSR count). The molecule has 5 fully saturated rings. The predicted octanol–water partition coefficient (Wildman–Crippen LogP) is 5.39. The highest BCUT2D eigenvalue weighted by atomic mass is 17.3. The molecule has 1 unspecified atom stereocenters. The number of carboxylic acid groups (broad SMARTS) is 1. The Morgan fingerprint density at radius 2 is 1.63 bits per heavy atom. The van der Waals surface area contributed by atoms with Gasteiger partial charge >= 0.3 is 5.97 Å². The van der Waals surface area contributed by atoms with Gasteiger partial charge < -0.3 is 19.7 Å². The number of rotatable bonds is 6. The first-order valence-corrected chi connectivity index (χ1v) is 14.3. The first kappa shape index (κ1) is 28.7. The van der Waals surface area contributed by atoms with Gasteiger partial charge in [-0.1, -0.05) is 12.2 Å². The van der Waals surface area contributed by atoms with E-state index in [4.69, 9.17) is 19.2 Å². The quantitative estimate of drug-likeness (QED) is 0.253. The maximum absolute atomic E-state index is 11.3. The minimum atomic E-state index is -1.34. The summed E-state index contributed by atoms with van der Waals surface area (Å²) >= 11 is 0. The van der Waals surface area contributed by atoms with Crippen molar-refractivity contribution in [1.82, 2.24) is 0 Å². The van der Waals surface area contributed by atoms with E-state index in [0.717, 1.165) is 31.8 Å². The second-order valence-electron chi connectivity index (χ2n) is 12.5. The smallest absolute Gasteiger partial charge is 0.328 e. The molecule has 2 heterocycles. The summed E-state index contributed by atoms with van der Waals surface area (Å²) in [6, 6.07) is 8.82. The van der Waals surface area contributed by atoms with E-state index in [-0.39, 0.29) is 40.1 Å². The number of nitriles is 3. The largest absolute Gasteiger partial charge is 0.507 e. The van der Waals surface area contributed by atoms with Crippen LogP contribution in [0.5, 0.6) is 5.75 Å². The number of phenolic OH excluding ortho intramolecular Hbond substituents is 1. The van der Waals surface area contributed by atoms with Crippen LogP contribution in [-0.4, -0.2) is 34.5 Å². The number of allylic oxidation sites excluding steroid dienone is 2. The molecule has 1 spiro atoms. The highest BCUT2D eigenvalue weighted by Gasteiger charge is 2.76. The Morgan fingerprint density at radius 1 is 0.977 bits per heavy atom. The highest BCUT2D eigenvalue weighted by molar-refractivity contribution is 5.86. The second-order valence-corrected chi connectivity index (χ2v) is 12.5. The lowest BCUT2D eigenvalue weighted by atomic mass is 9.47. The molecule has 0 amide bonds. The summed E-state index contributed by atoms with van der Waals surface area (Å²) in [6.07, 6.45) is 10.9. The molecule has 10 heteroatoms. The van der Waals surface area contributed by atoms with Gasteiger partial charge in [0.2, 0.25) is 0 Å². The normalized spacial score (nSPS) is 33.3. The lowest BCUT2D eigenvalue weighted by Gasteiger charge is -2.68. The van der Waals surface area contributed by atoms with Crippen molar-refractivity contribution in [3.8, 4) is 24.0 Å². The van der Waals surface area contributed by atoms with E-state index in [1.807, 2.05) is 0 Å². The van der Waals surface area contributed by atoms with Crippen molar-refractivity contribution in [3.63, 3.8) is 0 Å². The molecular weight excluding hydrogens is 550 g/mol. The number of aromatic hydroxyl groups is 1. The van der Waals surface area contributed by atoms with Gasteiger partial charge in [-0.25, -0.2) is 9.68 Å². The van der Waals surface area contributed by atoms with Crippen molar-refractivity contribution in [2.75, 3.05) is 7.11 Å². The van der Waals surface area contributed by atoms with Crippen molar-refractivity contribution in [3.05, 3.63) is 63.5 Å². The Morgan fingerprint density at radius 3 is 2.14 bits per heavy atom. The summed E-state index contributed by atoms with van der Waals surface area (Å²) < 4.78 is 12.1. The van der Waals surface area contributed by atoms with Gasteiger partial charge in [0.05, 0.1) is 0 Å². The van der Waals surface area contributed by atoms with Crippen molar-refractivity contribution >= 4 is 18.1 Å². The monoisotopic (exact) mass is 581 g/mol. The van der Waals surface area contributed by atoms with Crippen LogP contribution in [0, 0.1) is 57.7 Å². The number of carbonyl (C=O) groups is 1. The first-order valence-electron chi connectivity index (χ1n) is 14.3. The van der Waals surface area contributed by atoms with Crippen LogP contribution in [0.25, 0.3) is 12.2 Å². The third-order valence-electron chi connectivity index (χ3n) is 9.90. The molecule has 1 atom stereocenters. The Hall–Kier alpha value is -4.40. The van der Waals surface area contributed by atoms with E-state index in [0.29, 0.717) is 28.5 Å². The van der Waals surface area contributed by atoms with Crippen LogP contribution in [-0.2, 0) is 29.8 Å². The fourth-order valence-electron chi connectivity index (χ4n) is 8.33. The Kier molecular flexibility index (Phi) is 6.75. The van der Waals surface area contributed by atoms with Gasteiger partial charge in [-0.05, 0) is 93.4 Å². The summed E-state index contributed by atoms with van der Waals surface area (Å²) in [4.78, 5) is 23.3. The molecule has 2 aliphatic heterocycles. The van der Waals surface area contributed by atoms with Crippen LogP contribution >= 0.6 is 0 Å². The van der Waals surface area contributed by atoms with Gasteiger partial charge in [-0.3, -0.25) is 0 Å². The maximum atomic E-state index is 11.3. The molecule has 4 aliphatic carbocycles. The number of carboxylic acids is 1. The molecule has 0 aromatic heterocycles. The summed E-state index contributed by atoms with van der Waals surface area (Å²) in [6.45, 7) is 3.45. The highest BCUT2D eigenvalue weighted by Crippen LogP contribution is 2.69. The van der Waals surface area contributed by atoms with Crippen LogP contribution in [0.1, 0.15) is 62.6 Å². The second kappa shape index (κ2) is 10.1. The summed E-state index contributed by atoms with van der Waals surface area (Å²) in [5.41, 5.74) is -0.289. The number of ether oxygens (including phenoxy) is 2. The molecule has 6 aliphatic rings. The maximum Gasteiger partial charge on any atom is 0.328 e. The van der Waals surface area contributed by atoms with Gasteiger partial charge in [0, 0.05) is 29.9 Å². The van der Waals surface area contributed by atoms with E-state index in [1.165, 1.54) is 18.6 Å². The zero-order chi connectivity index (χ0) is 30.7. The van der Waals surface area contributed by atoms with E-state index in [1.54, 1.807) is 51.3 Å². The standard InChI is InChI=1S/C33H31N3O7/c1-31(2)26(25(17-36)30(41-31)22(15-34)16-35)6-4-20-13-21(5-7-29(38)39)28(37)14-27(20)33(40-3)32(42-43-33)23-9-18-8-19(11-23)12-24(32)10-18/h4-7,13-14,18-19,23-24,37H,8-12H2,1-3H3,(H,38,39)/b6-4+,7-5+. The van der Waals surface area contributed by atoms with Crippen LogP contribution in [0.4, 0.5) is 0 Å². The molecule has 1 aromatic carbocycles. The lowest BCUT2D eigenvalue weighted by Crippen LogP contribution is -2.76. The van der Waals surface area contributed by atoms with Gasteiger partial charge in [-0.2, -0.15) is 20.7 Å². The summed E-state index contributed by atoms with van der Waals surface area (Å²) in [5, 5.41) is 49.2. The third-order valence-corrected chi connectivity index (χ3v) is 9.90.